The standard InChI is InChI=1S/C14H13NO4/c1-15-11-3-2-7(4-8(11)5-12(15)16)13(17)9-6-10(9)14(18)19/h2-4,9-10H,5-6H2,1H3,(H,18,19)/t9-,10+/m0/s1. The third-order valence-corrected chi connectivity index (χ3v) is 3.89. The topological polar surface area (TPSA) is 74.7 Å². The van der Waals surface area contributed by atoms with Gasteiger partial charge in [-0.05, 0) is 30.2 Å². The molecule has 0 aromatic heterocycles. The molecule has 5 nitrogen and oxygen atoms in total. The van der Waals surface area contributed by atoms with Crippen molar-refractivity contribution < 1.29 is 19.5 Å². The molecule has 1 aromatic rings. The van der Waals surface area contributed by atoms with Crippen molar-refractivity contribution in [3.8, 4) is 0 Å². The lowest BCUT2D eigenvalue weighted by Crippen LogP contribution is -2.20. The van der Waals surface area contributed by atoms with Crippen LogP contribution in [0.5, 0.6) is 0 Å². The first-order chi connectivity index (χ1) is 8.99. The first-order valence-electron chi connectivity index (χ1n) is 6.15. The Kier molecular flexibility index (Phi) is 2.45. The Labute approximate surface area is 109 Å². The Morgan fingerprint density at radius 1 is 1.32 bits per heavy atom. The number of hydrogen-bond donors (Lipinski definition) is 1. The van der Waals surface area contributed by atoms with Gasteiger partial charge in [0.25, 0.3) is 0 Å². The highest BCUT2D eigenvalue weighted by Gasteiger charge is 2.48. The van der Waals surface area contributed by atoms with Crippen LogP contribution in [0, 0.1) is 11.8 Å². The van der Waals surface area contributed by atoms with Gasteiger partial charge in [0.15, 0.2) is 5.78 Å². The van der Waals surface area contributed by atoms with Gasteiger partial charge in [0.1, 0.15) is 0 Å². The Bertz CT molecular complexity index is 607. The normalized spacial score (nSPS) is 24.3. The minimum atomic E-state index is -0.908. The van der Waals surface area contributed by atoms with Crippen LogP contribution in [0.25, 0.3) is 0 Å². The summed E-state index contributed by atoms with van der Waals surface area (Å²) in [5.41, 5.74) is 2.17. The molecular weight excluding hydrogens is 246 g/mol. The fourth-order valence-corrected chi connectivity index (χ4v) is 2.60. The minimum Gasteiger partial charge on any atom is -0.481 e. The Morgan fingerprint density at radius 3 is 2.68 bits per heavy atom. The average molecular weight is 259 g/mol. The second-order valence-electron chi connectivity index (χ2n) is 5.12. The van der Waals surface area contributed by atoms with Gasteiger partial charge >= 0.3 is 5.97 Å². The number of fused-ring (bicyclic) bond motifs is 1. The average Bonchev–Trinajstić information content (AvgIpc) is 3.12. The molecule has 98 valence electrons. The van der Waals surface area contributed by atoms with E-state index >= 15 is 0 Å². The lowest BCUT2D eigenvalue weighted by Gasteiger charge is -2.10. The molecule has 5 heteroatoms. The van der Waals surface area contributed by atoms with E-state index in [-0.39, 0.29) is 11.7 Å². The van der Waals surface area contributed by atoms with E-state index in [0.29, 0.717) is 18.4 Å². The van der Waals surface area contributed by atoms with E-state index in [0.717, 1.165) is 11.3 Å². The summed E-state index contributed by atoms with van der Waals surface area (Å²) in [6.45, 7) is 0. The number of ketones is 1. The first kappa shape index (κ1) is 11.9. The van der Waals surface area contributed by atoms with Crippen LogP contribution in [0.15, 0.2) is 18.2 Å². The van der Waals surface area contributed by atoms with E-state index in [4.69, 9.17) is 5.11 Å². The summed E-state index contributed by atoms with van der Waals surface area (Å²) in [5.74, 6) is -1.96. The van der Waals surface area contributed by atoms with Gasteiger partial charge in [-0.3, -0.25) is 14.4 Å². The molecule has 2 aliphatic rings. The van der Waals surface area contributed by atoms with Crippen LogP contribution in [-0.4, -0.2) is 29.8 Å². The summed E-state index contributed by atoms with van der Waals surface area (Å²) >= 11 is 0. The Hall–Kier alpha value is -2.17. The number of carboxylic acid groups (broad SMARTS) is 1. The van der Waals surface area contributed by atoms with E-state index in [9.17, 15) is 14.4 Å². The van der Waals surface area contributed by atoms with Crippen LogP contribution in [-0.2, 0) is 16.0 Å². The number of rotatable bonds is 3. The molecule has 0 unspecified atom stereocenters. The number of hydrogen-bond acceptors (Lipinski definition) is 3. The van der Waals surface area contributed by atoms with Gasteiger partial charge < -0.3 is 10.0 Å². The fraction of sp³-hybridized carbons (Fsp3) is 0.357. The van der Waals surface area contributed by atoms with Gasteiger partial charge in [-0.25, -0.2) is 0 Å². The number of nitrogens with zero attached hydrogens (tertiary/aromatic N) is 1. The predicted molar refractivity (Wildman–Crippen MR) is 67.1 cm³/mol. The van der Waals surface area contributed by atoms with Gasteiger partial charge in [-0.2, -0.15) is 0 Å². The smallest absolute Gasteiger partial charge is 0.307 e. The second-order valence-corrected chi connectivity index (χ2v) is 5.12. The molecule has 1 heterocycles. The number of Topliss-reactive ketones (excluding diaryl/α,β-unsaturated/α-hetero) is 1. The van der Waals surface area contributed by atoms with E-state index in [1.165, 1.54) is 0 Å². The van der Waals surface area contributed by atoms with Crippen LogP contribution < -0.4 is 4.90 Å². The highest BCUT2D eigenvalue weighted by Crippen LogP contribution is 2.41. The zero-order chi connectivity index (χ0) is 13.7. The second kappa shape index (κ2) is 3.91. The maximum absolute atomic E-state index is 12.1. The number of anilines is 1. The molecular formula is C14H13NO4. The summed E-state index contributed by atoms with van der Waals surface area (Å²) in [5, 5.41) is 8.84. The van der Waals surface area contributed by atoms with E-state index in [1.54, 1.807) is 30.1 Å². The molecule has 19 heavy (non-hydrogen) atoms. The van der Waals surface area contributed by atoms with Gasteiger partial charge in [0.2, 0.25) is 5.91 Å². The van der Waals surface area contributed by atoms with Crippen LogP contribution in [0.2, 0.25) is 0 Å². The van der Waals surface area contributed by atoms with E-state index in [2.05, 4.69) is 0 Å². The van der Waals surface area contributed by atoms with Crippen molar-refractivity contribution in [3.05, 3.63) is 29.3 Å². The molecule has 0 saturated heterocycles. The number of likely N-dealkylation sites (N-methyl/N-ethyl adjacent to an activating group) is 1. The van der Waals surface area contributed by atoms with Gasteiger partial charge in [-0.15, -0.1) is 0 Å². The summed E-state index contributed by atoms with van der Waals surface area (Å²) in [6, 6.07) is 5.15. The number of carbonyl (C=O) groups excluding carboxylic acids is 2. The maximum Gasteiger partial charge on any atom is 0.307 e. The van der Waals surface area contributed by atoms with Gasteiger partial charge in [-0.1, -0.05) is 0 Å². The monoisotopic (exact) mass is 259 g/mol. The van der Waals surface area contributed by atoms with Crippen LogP contribution in [0.4, 0.5) is 5.69 Å². The number of benzene rings is 1. The molecule has 1 N–H and O–H groups in total. The number of carbonyl (C=O) groups is 3. The quantitative estimate of drug-likeness (QED) is 0.825. The van der Waals surface area contributed by atoms with Crippen molar-refractivity contribution in [1.82, 2.24) is 0 Å². The van der Waals surface area contributed by atoms with Crippen molar-refractivity contribution in [3.63, 3.8) is 0 Å². The molecule has 1 aliphatic heterocycles. The fourth-order valence-electron chi connectivity index (χ4n) is 2.60. The van der Waals surface area contributed by atoms with Crippen LogP contribution in [0.1, 0.15) is 22.3 Å². The molecule has 1 saturated carbocycles. The largest absolute Gasteiger partial charge is 0.481 e. The van der Waals surface area contributed by atoms with Gasteiger partial charge in [0, 0.05) is 24.2 Å². The van der Waals surface area contributed by atoms with Crippen molar-refractivity contribution in [2.75, 3.05) is 11.9 Å². The summed E-state index contributed by atoms with van der Waals surface area (Å²) in [4.78, 5) is 36.0. The zero-order valence-electron chi connectivity index (χ0n) is 10.4. The van der Waals surface area contributed by atoms with Crippen LogP contribution in [0.3, 0.4) is 0 Å². The molecule has 0 radical (unpaired) electrons. The highest BCUT2D eigenvalue weighted by molar-refractivity contribution is 6.05. The first-order valence-corrected chi connectivity index (χ1v) is 6.15. The lowest BCUT2D eigenvalue weighted by atomic mass is 10.0. The van der Waals surface area contributed by atoms with Gasteiger partial charge in [0.05, 0.1) is 12.3 Å². The number of amides is 1. The number of carboxylic acids is 1. The molecule has 1 aliphatic carbocycles. The molecule has 1 fully saturated rings. The predicted octanol–water partition coefficient (Wildman–Crippen LogP) is 1.11. The molecule has 1 aromatic carbocycles. The third kappa shape index (κ3) is 1.82. The molecule has 2 atom stereocenters. The summed E-state index contributed by atoms with van der Waals surface area (Å²) in [7, 11) is 1.71. The van der Waals surface area contributed by atoms with E-state index < -0.39 is 17.8 Å². The van der Waals surface area contributed by atoms with Crippen molar-refractivity contribution in [1.29, 1.82) is 0 Å². The lowest BCUT2D eigenvalue weighted by molar-refractivity contribution is -0.138. The minimum absolute atomic E-state index is 0.00873. The van der Waals surface area contributed by atoms with Crippen LogP contribution >= 0.6 is 0 Å². The van der Waals surface area contributed by atoms with Crippen molar-refractivity contribution in [2.24, 2.45) is 11.8 Å². The third-order valence-electron chi connectivity index (χ3n) is 3.89. The highest BCUT2D eigenvalue weighted by atomic mass is 16.4. The maximum atomic E-state index is 12.1. The molecule has 0 bridgehead atoms. The SMILES string of the molecule is CN1C(=O)Cc2cc(C(=O)[C@H]3C[C@H]3C(=O)O)ccc21. The molecule has 3 rings (SSSR count). The Morgan fingerprint density at radius 2 is 2.05 bits per heavy atom. The van der Waals surface area contributed by atoms with Crippen molar-refractivity contribution in [2.45, 2.75) is 12.8 Å². The number of aliphatic carboxylic acids is 1. The van der Waals surface area contributed by atoms with Crippen molar-refractivity contribution >= 4 is 23.3 Å². The summed E-state index contributed by atoms with van der Waals surface area (Å²) < 4.78 is 0. The molecule has 1 amide bonds. The summed E-state index contributed by atoms with van der Waals surface area (Å²) in [6.07, 6.45) is 0.726. The van der Waals surface area contributed by atoms with E-state index in [1.807, 2.05) is 0 Å². The Balaban J connectivity index is 1.85. The zero-order valence-corrected chi connectivity index (χ0v) is 10.4. The molecule has 0 spiro atoms.